The second-order valence-electron chi connectivity index (χ2n) is 5.11. The van der Waals surface area contributed by atoms with Gasteiger partial charge >= 0.3 is 0 Å². The van der Waals surface area contributed by atoms with Gasteiger partial charge in [-0.1, -0.05) is 32.6 Å². The number of rotatable bonds is 3. The van der Waals surface area contributed by atoms with Gasteiger partial charge in [-0.15, -0.1) is 0 Å². The third-order valence-corrected chi connectivity index (χ3v) is 4.07. The zero-order valence-corrected chi connectivity index (χ0v) is 8.76. The third kappa shape index (κ3) is 2.07. The Labute approximate surface area is 81.5 Å². The Balaban J connectivity index is 1.76. The molecule has 0 aromatic carbocycles. The molecule has 0 heterocycles. The Morgan fingerprint density at radius 1 is 1.15 bits per heavy atom. The first-order chi connectivity index (χ1) is 6.24. The lowest BCUT2D eigenvalue weighted by molar-refractivity contribution is 0.0500. The molecule has 0 aliphatic heterocycles. The monoisotopic (exact) mass is 182 g/mol. The van der Waals surface area contributed by atoms with Gasteiger partial charge in [0.25, 0.3) is 0 Å². The van der Waals surface area contributed by atoms with Crippen LogP contribution in [0.2, 0.25) is 0 Å². The second kappa shape index (κ2) is 3.61. The van der Waals surface area contributed by atoms with Gasteiger partial charge in [0, 0.05) is 0 Å². The SMILES string of the molecule is CCCC1CCC(C2(O)CC2)CC1. The molecule has 2 saturated carbocycles. The van der Waals surface area contributed by atoms with Crippen molar-refractivity contribution >= 4 is 0 Å². The predicted molar refractivity (Wildman–Crippen MR) is 54.5 cm³/mol. The summed E-state index contributed by atoms with van der Waals surface area (Å²) in [5.74, 6) is 1.63. The van der Waals surface area contributed by atoms with Crippen molar-refractivity contribution in [2.45, 2.75) is 63.9 Å². The highest BCUT2D eigenvalue weighted by atomic mass is 16.3. The molecule has 0 atom stereocenters. The molecule has 1 nitrogen and oxygen atoms in total. The number of hydrogen-bond donors (Lipinski definition) is 1. The van der Waals surface area contributed by atoms with Crippen molar-refractivity contribution in [1.82, 2.24) is 0 Å². The Morgan fingerprint density at radius 3 is 2.23 bits per heavy atom. The Bertz CT molecular complexity index is 164. The molecular formula is C12H22O. The van der Waals surface area contributed by atoms with Crippen LogP contribution in [0.15, 0.2) is 0 Å². The van der Waals surface area contributed by atoms with Crippen molar-refractivity contribution in [3.05, 3.63) is 0 Å². The van der Waals surface area contributed by atoms with Gasteiger partial charge in [0.1, 0.15) is 0 Å². The quantitative estimate of drug-likeness (QED) is 0.711. The van der Waals surface area contributed by atoms with Gasteiger partial charge in [-0.05, 0) is 37.5 Å². The van der Waals surface area contributed by atoms with Crippen LogP contribution in [0.4, 0.5) is 0 Å². The summed E-state index contributed by atoms with van der Waals surface area (Å²) in [4.78, 5) is 0. The van der Waals surface area contributed by atoms with Gasteiger partial charge in [0.2, 0.25) is 0 Å². The molecule has 2 aliphatic carbocycles. The van der Waals surface area contributed by atoms with Crippen molar-refractivity contribution in [2.24, 2.45) is 11.8 Å². The summed E-state index contributed by atoms with van der Waals surface area (Å²) in [7, 11) is 0. The van der Waals surface area contributed by atoms with E-state index in [2.05, 4.69) is 6.92 Å². The summed E-state index contributed by atoms with van der Waals surface area (Å²) in [6.45, 7) is 2.28. The highest BCUT2D eigenvalue weighted by Gasteiger charge is 2.47. The molecule has 2 rings (SSSR count). The standard InChI is InChI=1S/C12H22O/c1-2-3-10-4-6-11(7-5-10)12(13)8-9-12/h10-11,13H,2-9H2,1H3. The van der Waals surface area contributed by atoms with E-state index in [9.17, 15) is 5.11 Å². The molecule has 2 aliphatic rings. The summed E-state index contributed by atoms with van der Waals surface area (Å²) < 4.78 is 0. The molecule has 76 valence electrons. The molecule has 0 saturated heterocycles. The van der Waals surface area contributed by atoms with Crippen LogP contribution < -0.4 is 0 Å². The van der Waals surface area contributed by atoms with Crippen LogP contribution in [0, 0.1) is 11.8 Å². The van der Waals surface area contributed by atoms with E-state index in [1.807, 2.05) is 0 Å². The van der Waals surface area contributed by atoms with Gasteiger partial charge in [0.05, 0.1) is 5.60 Å². The molecular weight excluding hydrogens is 160 g/mol. The Morgan fingerprint density at radius 2 is 1.77 bits per heavy atom. The second-order valence-corrected chi connectivity index (χ2v) is 5.11. The zero-order valence-electron chi connectivity index (χ0n) is 8.76. The van der Waals surface area contributed by atoms with Gasteiger partial charge in [-0.3, -0.25) is 0 Å². The fraction of sp³-hybridized carbons (Fsp3) is 1.00. The van der Waals surface area contributed by atoms with Crippen LogP contribution in [0.5, 0.6) is 0 Å². The average Bonchev–Trinajstić information content (AvgIpc) is 2.87. The van der Waals surface area contributed by atoms with Gasteiger partial charge < -0.3 is 5.11 Å². The van der Waals surface area contributed by atoms with Crippen LogP contribution in [-0.2, 0) is 0 Å². The Hall–Kier alpha value is -0.0400. The van der Waals surface area contributed by atoms with Crippen molar-refractivity contribution in [3.8, 4) is 0 Å². The molecule has 0 radical (unpaired) electrons. The van der Waals surface area contributed by atoms with Crippen LogP contribution in [-0.4, -0.2) is 10.7 Å². The molecule has 0 amide bonds. The minimum atomic E-state index is -0.197. The maximum Gasteiger partial charge on any atom is 0.0678 e. The van der Waals surface area contributed by atoms with Crippen LogP contribution >= 0.6 is 0 Å². The first-order valence-corrected chi connectivity index (χ1v) is 5.97. The van der Waals surface area contributed by atoms with Crippen LogP contribution in [0.25, 0.3) is 0 Å². The van der Waals surface area contributed by atoms with Crippen LogP contribution in [0.3, 0.4) is 0 Å². The van der Waals surface area contributed by atoms with E-state index >= 15 is 0 Å². The molecule has 13 heavy (non-hydrogen) atoms. The fourth-order valence-corrected chi connectivity index (χ4v) is 2.93. The lowest BCUT2D eigenvalue weighted by Crippen LogP contribution is -2.27. The van der Waals surface area contributed by atoms with Gasteiger partial charge in [0.15, 0.2) is 0 Å². The van der Waals surface area contributed by atoms with E-state index < -0.39 is 0 Å². The summed E-state index contributed by atoms with van der Waals surface area (Å²) in [5, 5.41) is 9.97. The molecule has 0 bridgehead atoms. The predicted octanol–water partition coefficient (Wildman–Crippen LogP) is 3.12. The van der Waals surface area contributed by atoms with E-state index in [1.54, 1.807) is 0 Å². The molecule has 0 aromatic heterocycles. The van der Waals surface area contributed by atoms with E-state index in [4.69, 9.17) is 0 Å². The molecule has 2 fully saturated rings. The highest BCUT2D eigenvalue weighted by Crippen LogP contribution is 2.49. The molecule has 0 unspecified atom stereocenters. The highest BCUT2D eigenvalue weighted by molar-refractivity contribution is 5.00. The van der Waals surface area contributed by atoms with Crippen molar-refractivity contribution < 1.29 is 5.11 Å². The maximum atomic E-state index is 9.97. The van der Waals surface area contributed by atoms with Crippen molar-refractivity contribution in [3.63, 3.8) is 0 Å². The summed E-state index contributed by atoms with van der Waals surface area (Å²) in [6, 6.07) is 0. The molecule has 0 spiro atoms. The zero-order chi connectivity index (χ0) is 9.31. The summed E-state index contributed by atoms with van der Waals surface area (Å²) in [5.41, 5.74) is -0.197. The molecule has 1 heteroatoms. The van der Waals surface area contributed by atoms with Crippen LogP contribution in [0.1, 0.15) is 58.3 Å². The topological polar surface area (TPSA) is 20.2 Å². The fourth-order valence-electron chi connectivity index (χ4n) is 2.93. The van der Waals surface area contributed by atoms with E-state index in [1.165, 1.54) is 38.5 Å². The van der Waals surface area contributed by atoms with E-state index in [-0.39, 0.29) is 5.60 Å². The van der Waals surface area contributed by atoms with Crippen molar-refractivity contribution in [1.29, 1.82) is 0 Å². The summed E-state index contributed by atoms with van der Waals surface area (Å²) in [6.07, 6.45) is 10.2. The van der Waals surface area contributed by atoms with E-state index in [0.29, 0.717) is 5.92 Å². The smallest absolute Gasteiger partial charge is 0.0678 e. The first-order valence-electron chi connectivity index (χ1n) is 5.97. The lowest BCUT2D eigenvalue weighted by atomic mass is 9.77. The van der Waals surface area contributed by atoms with Crippen molar-refractivity contribution in [2.75, 3.05) is 0 Å². The van der Waals surface area contributed by atoms with Gasteiger partial charge in [-0.25, -0.2) is 0 Å². The maximum absolute atomic E-state index is 9.97. The minimum Gasteiger partial charge on any atom is -0.390 e. The molecule has 0 aromatic rings. The molecule has 1 N–H and O–H groups in total. The Kier molecular flexibility index (Phi) is 2.64. The number of aliphatic hydroxyl groups is 1. The third-order valence-electron chi connectivity index (χ3n) is 4.07. The number of hydrogen-bond acceptors (Lipinski definition) is 1. The van der Waals surface area contributed by atoms with E-state index in [0.717, 1.165) is 18.8 Å². The normalized spacial score (nSPS) is 37.4. The minimum absolute atomic E-state index is 0.197. The summed E-state index contributed by atoms with van der Waals surface area (Å²) >= 11 is 0. The largest absolute Gasteiger partial charge is 0.390 e. The first kappa shape index (κ1) is 9.51. The van der Waals surface area contributed by atoms with Gasteiger partial charge in [-0.2, -0.15) is 0 Å². The lowest BCUT2D eigenvalue weighted by Gasteiger charge is -2.31. The average molecular weight is 182 g/mol.